The van der Waals surface area contributed by atoms with Gasteiger partial charge in [0, 0.05) is 6.07 Å². The van der Waals surface area contributed by atoms with Gasteiger partial charge in [-0.05, 0) is 26.0 Å². The minimum atomic E-state index is -0.290. The van der Waals surface area contributed by atoms with Gasteiger partial charge >= 0.3 is 5.97 Å². The van der Waals surface area contributed by atoms with Crippen LogP contribution in [0.1, 0.15) is 18.3 Å². The van der Waals surface area contributed by atoms with Crippen LogP contribution in [0, 0.1) is 6.92 Å². The van der Waals surface area contributed by atoms with Crippen molar-refractivity contribution in [2.45, 2.75) is 20.3 Å². The van der Waals surface area contributed by atoms with Gasteiger partial charge in [0.25, 0.3) is 0 Å². The van der Waals surface area contributed by atoms with Gasteiger partial charge in [0.1, 0.15) is 5.75 Å². The third kappa shape index (κ3) is 2.99. The summed E-state index contributed by atoms with van der Waals surface area (Å²) >= 11 is 0. The summed E-state index contributed by atoms with van der Waals surface area (Å²) in [7, 11) is 1.60. The zero-order chi connectivity index (χ0) is 13.8. The van der Waals surface area contributed by atoms with Crippen molar-refractivity contribution in [1.29, 1.82) is 0 Å². The summed E-state index contributed by atoms with van der Waals surface area (Å²) in [5.41, 5.74) is 2.88. The van der Waals surface area contributed by atoms with E-state index >= 15 is 0 Å². The summed E-state index contributed by atoms with van der Waals surface area (Å²) in [5, 5.41) is 0. The molecule has 1 heterocycles. The molecule has 0 saturated carbocycles. The van der Waals surface area contributed by atoms with E-state index in [2.05, 4.69) is 9.97 Å². The lowest BCUT2D eigenvalue weighted by Crippen LogP contribution is -2.11. The van der Waals surface area contributed by atoms with Gasteiger partial charge in [-0.15, -0.1) is 0 Å². The van der Waals surface area contributed by atoms with E-state index in [0.29, 0.717) is 23.6 Å². The Bertz CT molecular complexity index is 611. The Morgan fingerprint density at radius 1 is 1.26 bits per heavy atom. The number of nitrogens with zero attached hydrogens (tertiary/aromatic N) is 2. The molecule has 0 atom stereocenters. The van der Waals surface area contributed by atoms with E-state index in [9.17, 15) is 4.79 Å². The van der Waals surface area contributed by atoms with Crippen molar-refractivity contribution in [3.8, 4) is 5.75 Å². The molecule has 2 rings (SSSR count). The fourth-order valence-corrected chi connectivity index (χ4v) is 1.80. The molecule has 5 heteroatoms. The predicted octanol–water partition coefficient (Wildman–Crippen LogP) is 2.05. The average molecular weight is 260 g/mol. The lowest BCUT2D eigenvalue weighted by atomic mass is 10.2. The standard InChI is InChI=1S/C14H16N2O3/c1-4-19-14(17)8-12-9(2)15-11-6-5-10(18-3)7-13(11)16-12/h5-7H,4,8H2,1-3H3. The second kappa shape index (κ2) is 5.65. The molecular weight excluding hydrogens is 244 g/mol. The third-order valence-corrected chi connectivity index (χ3v) is 2.76. The molecule has 0 amide bonds. The molecule has 0 aliphatic rings. The molecule has 100 valence electrons. The maximum absolute atomic E-state index is 11.5. The highest BCUT2D eigenvalue weighted by molar-refractivity contribution is 5.78. The molecule has 19 heavy (non-hydrogen) atoms. The van der Waals surface area contributed by atoms with E-state index in [1.165, 1.54) is 0 Å². The summed E-state index contributed by atoms with van der Waals surface area (Å²) in [6.07, 6.45) is 0.139. The van der Waals surface area contributed by atoms with Crippen LogP contribution in [0.25, 0.3) is 11.0 Å². The maximum atomic E-state index is 11.5. The van der Waals surface area contributed by atoms with E-state index < -0.39 is 0 Å². The molecule has 1 aromatic heterocycles. The summed E-state index contributed by atoms with van der Waals surface area (Å²) < 4.78 is 10.1. The number of fused-ring (bicyclic) bond motifs is 1. The van der Waals surface area contributed by atoms with Gasteiger partial charge in [-0.1, -0.05) is 0 Å². The second-order valence-electron chi connectivity index (χ2n) is 4.09. The molecule has 1 aromatic carbocycles. The first-order chi connectivity index (χ1) is 9.13. The molecule has 2 aromatic rings. The number of carbonyl (C=O) groups excluding carboxylic acids is 1. The van der Waals surface area contributed by atoms with Crippen LogP contribution >= 0.6 is 0 Å². The van der Waals surface area contributed by atoms with Gasteiger partial charge in [0.05, 0.1) is 42.6 Å². The van der Waals surface area contributed by atoms with Crippen molar-refractivity contribution in [2.24, 2.45) is 0 Å². The van der Waals surface area contributed by atoms with E-state index in [0.717, 1.165) is 11.2 Å². The Hall–Kier alpha value is -2.17. The second-order valence-corrected chi connectivity index (χ2v) is 4.09. The van der Waals surface area contributed by atoms with Crippen molar-refractivity contribution in [1.82, 2.24) is 9.97 Å². The number of benzene rings is 1. The van der Waals surface area contributed by atoms with Crippen LogP contribution in [0.3, 0.4) is 0 Å². The molecular formula is C14H16N2O3. The summed E-state index contributed by atoms with van der Waals surface area (Å²) in [6, 6.07) is 5.49. The quantitative estimate of drug-likeness (QED) is 0.787. The Morgan fingerprint density at radius 2 is 2.05 bits per heavy atom. The van der Waals surface area contributed by atoms with E-state index in [1.807, 2.05) is 19.1 Å². The van der Waals surface area contributed by atoms with Crippen molar-refractivity contribution >= 4 is 17.0 Å². The Balaban J connectivity index is 2.38. The van der Waals surface area contributed by atoms with Gasteiger partial charge in [-0.2, -0.15) is 0 Å². The number of aryl methyl sites for hydroxylation is 1. The maximum Gasteiger partial charge on any atom is 0.311 e. The first-order valence-electron chi connectivity index (χ1n) is 6.11. The number of methoxy groups -OCH3 is 1. The lowest BCUT2D eigenvalue weighted by Gasteiger charge is -2.07. The van der Waals surface area contributed by atoms with Crippen LogP contribution in [0.4, 0.5) is 0 Å². The highest BCUT2D eigenvalue weighted by Gasteiger charge is 2.11. The van der Waals surface area contributed by atoms with Crippen molar-refractivity contribution in [3.05, 3.63) is 29.6 Å². The predicted molar refractivity (Wildman–Crippen MR) is 71.2 cm³/mol. The SMILES string of the molecule is CCOC(=O)Cc1nc2cc(OC)ccc2nc1C. The Kier molecular flexibility index (Phi) is 3.94. The lowest BCUT2D eigenvalue weighted by molar-refractivity contribution is -0.142. The zero-order valence-electron chi connectivity index (χ0n) is 11.3. The van der Waals surface area contributed by atoms with Crippen molar-refractivity contribution in [2.75, 3.05) is 13.7 Å². The first kappa shape index (κ1) is 13.3. The molecule has 0 aliphatic carbocycles. The Morgan fingerprint density at radius 3 is 2.74 bits per heavy atom. The molecule has 0 N–H and O–H groups in total. The van der Waals surface area contributed by atoms with Gasteiger partial charge in [0.2, 0.25) is 0 Å². The van der Waals surface area contributed by atoms with Crippen LogP contribution in [-0.2, 0) is 16.0 Å². The van der Waals surface area contributed by atoms with Crippen molar-refractivity contribution < 1.29 is 14.3 Å². The smallest absolute Gasteiger partial charge is 0.311 e. The molecule has 0 unspecified atom stereocenters. The summed E-state index contributed by atoms with van der Waals surface area (Å²) in [5.74, 6) is 0.426. The topological polar surface area (TPSA) is 61.3 Å². The number of hydrogen-bond acceptors (Lipinski definition) is 5. The molecule has 0 saturated heterocycles. The average Bonchev–Trinajstić information content (AvgIpc) is 2.39. The van der Waals surface area contributed by atoms with Crippen molar-refractivity contribution in [3.63, 3.8) is 0 Å². The first-order valence-corrected chi connectivity index (χ1v) is 6.11. The number of esters is 1. The molecule has 0 spiro atoms. The monoisotopic (exact) mass is 260 g/mol. The van der Waals surface area contributed by atoms with Gasteiger partial charge in [-0.3, -0.25) is 4.79 Å². The summed E-state index contributed by atoms with van der Waals surface area (Å²) in [6.45, 7) is 3.99. The van der Waals surface area contributed by atoms with Crippen LogP contribution in [0.15, 0.2) is 18.2 Å². The summed E-state index contributed by atoms with van der Waals surface area (Å²) in [4.78, 5) is 20.4. The number of hydrogen-bond donors (Lipinski definition) is 0. The fourth-order valence-electron chi connectivity index (χ4n) is 1.80. The van der Waals surface area contributed by atoms with Gasteiger partial charge < -0.3 is 9.47 Å². The highest BCUT2D eigenvalue weighted by atomic mass is 16.5. The number of carbonyl (C=O) groups is 1. The van der Waals surface area contributed by atoms with Gasteiger partial charge in [-0.25, -0.2) is 9.97 Å². The number of rotatable bonds is 4. The van der Waals surface area contributed by atoms with Crippen LogP contribution < -0.4 is 4.74 Å². The van der Waals surface area contributed by atoms with E-state index in [4.69, 9.17) is 9.47 Å². The molecule has 0 bridgehead atoms. The minimum absolute atomic E-state index is 0.139. The number of ether oxygens (including phenoxy) is 2. The molecule has 5 nitrogen and oxygen atoms in total. The van der Waals surface area contributed by atoms with Crippen LogP contribution in [-0.4, -0.2) is 29.7 Å². The minimum Gasteiger partial charge on any atom is -0.497 e. The largest absolute Gasteiger partial charge is 0.497 e. The Labute approximate surface area is 111 Å². The normalized spacial score (nSPS) is 10.5. The van der Waals surface area contributed by atoms with Crippen LogP contribution in [0.2, 0.25) is 0 Å². The fraction of sp³-hybridized carbons (Fsp3) is 0.357. The van der Waals surface area contributed by atoms with Crippen LogP contribution in [0.5, 0.6) is 5.75 Å². The molecule has 0 radical (unpaired) electrons. The van der Waals surface area contributed by atoms with E-state index in [-0.39, 0.29) is 12.4 Å². The number of aromatic nitrogens is 2. The molecule has 0 fully saturated rings. The highest BCUT2D eigenvalue weighted by Crippen LogP contribution is 2.19. The van der Waals surface area contributed by atoms with E-state index in [1.54, 1.807) is 20.1 Å². The zero-order valence-corrected chi connectivity index (χ0v) is 11.3. The molecule has 0 aliphatic heterocycles. The third-order valence-electron chi connectivity index (χ3n) is 2.76. The van der Waals surface area contributed by atoms with Gasteiger partial charge in [0.15, 0.2) is 0 Å².